The number of esters is 1. The second-order valence-corrected chi connectivity index (χ2v) is 10.1. The summed E-state index contributed by atoms with van der Waals surface area (Å²) >= 11 is 6.27. The minimum absolute atomic E-state index is 0.0378. The van der Waals surface area contributed by atoms with Gasteiger partial charge in [0.1, 0.15) is 35.5 Å². The number of nitrogens with zero attached hydrogens (tertiary/aromatic N) is 1. The zero-order chi connectivity index (χ0) is 30.3. The van der Waals surface area contributed by atoms with Gasteiger partial charge in [0, 0.05) is 22.2 Å². The smallest absolute Gasteiger partial charge is 0.343 e. The van der Waals surface area contributed by atoms with Gasteiger partial charge in [-0.2, -0.15) is 5.26 Å². The Hall–Kier alpha value is -5.13. The van der Waals surface area contributed by atoms with Crippen molar-refractivity contribution in [3.63, 3.8) is 0 Å². The average molecular weight is 597 g/mol. The van der Waals surface area contributed by atoms with Crippen LogP contribution in [0.15, 0.2) is 96.4 Å². The lowest BCUT2D eigenvalue weighted by molar-refractivity contribution is 0.0734. The lowest BCUT2D eigenvalue weighted by atomic mass is 9.83. The lowest BCUT2D eigenvalue weighted by Gasteiger charge is -2.27. The molecule has 1 heterocycles. The van der Waals surface area contributed by atoms with Crippen molar-refractivity contribution in [3.05, 3.63) is 124 Å². The predicted octanol–water partition coefficient (Wildman–Crippen LogP) is 7.15. The van der Waals surface area contributed by atoms with Gasteiger partial charge in [0.2, 0.25) is 5.88 Å². The minimum Gasteiger partial charge on any atom is -0.494 e. The van der Waals surface area contributed by atoms with Crippen LogP contribution < -0.4 is 29.4 Å². The van der Waals surface area contributed by atoms with Gasteiger partial charge in [0.25, 0.3) is 0 Å². The molecule has 4 aromatic carbocycles. The van der Waals surface area contributed by atoms with Crippen molar-refractivity contribution in [2.45, 2.75) is 25.9 Å². The third kappa shape index (κ3) is 6.53. The number of hydrogen-bond acceptors (Lipinski definition) is 8. The van der Waals surface area contributed by atoms with Crippen molar-refractivity contribution < 1.29 is 28.5 Å². The summed E-state index contributed by atoms with van der Waals surface area (Å²) in [4.78, 5) is 12.8. The first-order chi connectivity index (χ1) is 20.9. The maximum Gasteiger partial charge on any atom is 0.343 e. The number of carbonyl (C=O) groups excluding carboxylic acids is 1. The van der Waals surface area contributed by atoms with E-state index in [1.165, 1.54) is 0 Å². The molecule has 218 valence electrons. The fraction of sp³-hybridized carbons (Fsp3) is 0.176. The van der Waals surface area contributed by atoms with Crippen LogP contribution in [0, 0.1) is 11.3 Å². The van der Waals surface area contributed by atoms with Crippen LogP contribution in [-0.4, -0.2) is 19.7 Å². The number of nitrogens with two attached hydrogens (primary N) is 1. The maximum atomic E-state index is 12.8. The van der Waals surface area contributed by atoms with Crippen molar-refractivity contribution in [1.29, 1.82) is 5.26 Å². The van der Waals surface area contributed by atoms with Gasteiger partial charge in [0.15, 0.2) is 11.5 Å². The van der Waals surface area contributed by atoms with E-state index in [0.717, 1.165) is 17.5 Å². The summed E-state index contributed by atoms with van der Waals surface area (Å²) in [5.41, 5.74) is 9.06. The molecule has 2 N–H and O–H groups in total. The number of nitriles is 1. The van der Waals surface area contributed by atoms with E-state index in [1.54, 1.807) is 67.8 Å². The van der Waals surface area contributed by atoms with Crippen molar-refractivity contribution in [2.24, 2.45) is 5.73 Å². The van der Waals surface area contributed by atoms with E-state index in [2.05, 4.69) is 6.07 Å². The largest absolute Gasteiger partial charge is 0.494 e. The molecule has 1 aliphatic heterocycles. The highest BCUT2D eigenvalue weighted by atomic mass is 35.5. The Morgan fingerprint density at radius 2 is 1.74 bits per heavy atom. The van der Waals surface area contributed by atoms with Crippen LogP contribution in [0.3, 0.4) is 0 Å². The molecule has 1 unspecified atom stereocenters. The van der Waals surface area contributed by atoms with Crippen molar-refractivity contribution in [1.82, 2.24) is 0 Å². The zero-order valence-corrected chi connectivity index (χ0v) is 24.4. The van der Waals surface area contributed by atoms with Crippen LogP contribution in [0.1, 0.15) is 46.3 Å². The normalized spacial score (nSPS) is 13.8. The summed E-state index contributed by atoms with van der Waals surface area (Å²) in [6.45, 7) is 2.87. The number of rotatable bonds is 10. The summed E-state index contributed by atoms with van der Waals surface area (Å²) in [6, 6.07) is 26.8. The molecule has 0 bridgehead atoms. The molecule has 0 amide bonds. The van der Waals surface area contributed by atoms with Crippen LogP contribution in [0.25, 0.3) is 0 Å². The van der Waals surface area contributed by atoms with Crippen LogP contribution >= 0.6 is 11.6 Å². The standard InChI is InChI=1S/C34H29ClN2O6/c1-3-16-40-24-11-8-21(9-12-24)34(38)42-25-13-14-26-30(18-25)43-33(37)27(19-36)32(26)22-10-15-29(31(17-22)39-2)41-20-23-6-4-5-7-28(23)35/h4-15,17-18,32H,3,16,20,37H2,1-2H3. The summed E-state index contributed by atoms with van der Waals surface area (Å²) < 4.78 is 28.6. The molecule has 1 aliphatic rings. The molecule has 0 radical (unpaired) electrons. The van der Waals surface area contributed by atoms with Gasteiger partial charge in [0.05, 0.1) is 25.2 Å². The second kappa shape index (κ2) is 13.2. The van der Waals surface area contributed by atoms with Crippen molar-refractivity contribution >= 4 is 17.6 Å². The third-order valence-corrected chi connectivity index (χ3v) is 7.19. The SMILES string of the molecule is CCCOc1ccc(C(=O)Oc2ccc3c(c2)OC(N)=C(C#N)C3c2ccc(OCc3ccccc3Cl)c(OC)c2)cc1. The van der Waals surface area contributed by atoms with Gasteiger partial charge in [-0.15, -0.1) is 0 Å². The van der Waals surface area contributed by atoms with E-state index >= 15 is 0 Å². The highest BCUT2D eigenvalue weighted by molar-refractivity contribution is 6.31. The average Bonchev–Trinajstić information content (AvgIpc) is 3.02. The van der Waals surface area contributed by atoms with Crippen LogP contribution in [0.4, 0.5) is 0 Å². The zero-order valence-electron chi connectivity index (χ0n) is 23.6. The second-order valence-electron chi connectivity index (χ2n) is 9.68. The molecule has 9 heteroatoms. The van der Waals surface area contributed by atoms with Crippen LogP contribution in [0.2, 0.25) is 5.02 Å². The first-order valence-electron chi connectivity index (χ1n) is 13.6. The minimum atomic E-state index is -0.555. The molecule has 0 saturated heterocycles. The molecule has 43 heavy (non-hydrogen) atoms. The number of ether oxygens (including phenoxy) is 5. The van der Waals surface area contributed by atoms with Crippen LogP contribution in [-0.2, 0) is 6.61 Å². The quantitative estimate of drug-likeness (QED) is 0.152. The van der Waals surface area contributed by atoms with E-state index < -0.39 is 11.9 Å². The molecule has 5 rings (SSSR count). The van der Waals surface area contributed by atoms with Gasteiger partial charge >= 0.3 is 5.97 Å². The highest BCUT2D eigenvalue weighted by Gasteiger charge is 2.32. The Labute approximate surface area is 254 Å². The van der Waals surface area contributed by atoms with Gasteiger partial charge in [-0.05, 0) is 60.5 Å². The third-order valence-electron chi connectivity index (χ3n) is 6.83. The lowest BCUT2D eigenvalue weighted by Crippen LogP contribution is -2.21. The molecule has 4 aromatic rings. The molecule has 1 atom stereocenters. The Balaban J connectivity index is 1.39. The number of fused-ring (bicyclic) bond motifs is 1. The van der Waals surface area contributed by atoms with Crippen LogP contribution in [0.5, 0.6) is 28.7 Å². The van der Waals surface area contributed by atoms with Crippen molar-refractivity contribution in [2.75, 3.05) is 13.7 Å². The number of halogens is 1. The maximum absolute atomic E-state index is 12.8. The number of benzene rings is 4. The summed E-state index contributed by atoms with van der Waals surface area (Å²) in [5, 5.41) is 10.6. The molecule has 0 saturated carbocycles. The Morgan fingerprint density at radius 3 is 2.47 bits per heavy atom. The highest BCUT2D eigenvalue weighted by Crippen LogP contribution is 2.45. The van der Waals surface area contributed by atoms with Crippen molar-refractivity contribution in [3.8, 4) is 34.8 Å². The first kappa shape index (κ1) is 29.4. The monoisotopic (exact) mass is 596 g/mol. The number of carbonyl (C=O) groups is 1. The Morgan fingerprint density at radius 1 is 0.977 bits per heavy atom. The molecule has 0 spiro atoms. The van der Waals surface area contributed by atoms with Gasteiger partial charge < -0.3 is 29.4 Å². The van der Waals surface area contributed by atoms with E-state index in [-0.39, 0.29) is 23.8 Å². The first-order valence-corrected chi connectivity index (χ1v) is 14.0. The van der Waals surface area contributed by atoms with Gasteiger partial charge in [-0.25, -0.2) is 4.79 Å². The Bertz CT molecular complexity index is 1710. The number of methoxy groups -OCH3 is 1. The Kier molecular flexibility index (Phi) is 9.04. The molecule has 8 nitrogen and oxygen atoms in total. The molecule has 0 aliphatic carbocycles. The van der Waals surface area contributed by atoms with Gasteiger partial charge in [-0.1, -0.05) is 48.9 Å². The van der Waals surface area contributed by atoms with E-state index in [0.29, 0.717) is 45.8 Å². The predicted molar refractivity (Wildman–Crippen MR) is 162 cm³/mol. The molecular weight excluding hydrogens is 568 g/mol. The van der Waals surface area contributed by atoms with E-state index in [9.17, 15) is 10.1 Å². The summed E-state index contributed by atoms with van der Waals surface area (Å²) in [7, 11) is 1.54. The van der Waals surface area contributed by atoms with Gasteiger partial charge in [-0.3, -0.25) is 0 Å². The summed E-state index contributed by atoms with van der Waals surface area (Å²) in [5.74, 6) is 1.18. The fourth-order valence-electron chi connectivity index (χ4n) is 4.67. The topological polar surface area (TPSA) is 113 Å². The van der Waals surface area contributed by atoms with E-state index in [1.807, 2.05) is 31.2 Å². The van der Waals surface area contributed by atoms with E-state index in [4.69, 9.17) is 41.0 Å². The molecule has 0 fully saturated rings. The molecular formula is C34H29ClN2O6. The number of allylic oxidation sites excluding steroid dienone is 1. The number of hydrogen-bond donors (Lipinski definition) is 1. The fourth-order valence-corrected chi connectivity index (χ4v) is 4.86. The molecule has 0 aromatic heterocycles. The summed E-state index contributed by atoms with van der Waals surface area (Å²) in [6.07, 6.45) is 0.887.